The molecule has 1 aliphatic rings. The normalized spacial score (nSPS) is 12.8. The molecule has 0 unspecified atom stereocenters. The number of rotatable bonds is 10. The number of anilines is 1. The van der Waals surface area contributed by atoms with Gasteiger partial charge in [0, 0.05) is 30.6 Å². The highest BCUT2D eigenvalue weighted by Gasteiger charge is 2.53. The Morgan fingerprint density at radius 2 is 1.36 bits per heavy atom. The molecule has 0 aliphatic carbocycles. The van der Waals surface area contributed by atoms with Crippen molar-refractivity contribution in [3.05, 3.63) is 101 Å². The number of carbonyl (C=O) groups excluding carboxylic acids is 1. The van der Waals surface area contributed by atoms with Crippen LogP contribution in [0.3, 0.4) is 0 Å². The second-order valence-corrected chi connectivity index (χ2v) is 8.96. The predicted octanol–water partition coefficient (Wildman–Crippen LogP) is 5.62. The Morgan fingerprint density at radius 3 is 1.85 bits per heavy atom. The van der Waals surface area contributed by atoms with Crippen molar-refractivity contribution in [2.75, 3.05) is 11.4 Å². The molecule has 0 spiro atoms. The summed E-state index contributed by atoms with van der Waals surface area (Å²) in [4.78, 5) is 16.4. The van der Waals surface area contributed by atoms with Crippen molar-refractivity contribution in [3.63, 3.8) is 0 Å². The van der Waals surface area contributed by atoms with E-state index < -0.39 is 5.41 Å². The molecule has 39 heavy (non-hydrogen) atoms. The standard InChI is InChI=1S/C35H27NO3/c1-6-11-15-26-24-28(19-21-32(26)38-9-4)35(29-20-22-33(39-10-5)27(25-29)16-12-7-2)30-17-13-14-18-31(30)36(23-8-3)34(35)37/h1-2,4-5,8,13-14,17-22,24-25H,3,11-12,15-16,23H2. The number of carbonyl (C=O) groups is 1. The Morgan fingerprint density at radius 1 is 0.821 bits per heavy atom. The third kappa shape index (κ3) is 4.74. The van der Waals surface area contributed by atoms with Gasteiger partial charge in [-0.25, -0.2) is 0 Å². The van der Waals surface area contributed by atoms with Gasteiger partial charge in [0.25, 0.3) is 0 Å². The average molecular weight is 510 g/mol. The number of benzene rings is 3. The first-order valence-corrected chi connectivity index (χ1v) is 12.5. The molecular formula is C35H27NO3. The van der Waals surface area contributed by atoms with E-state index in [1.54, 1.807) is 23.1 Å². The van der Waals surface area contributed by atoms with Gasteiger partial charge in [0.15, 0.2) is 0 Å². The van der Waals surface area contributed by atoms with Gasteiger partial charge >= 0.3 is 0 Å². The molecule has 0 atom stereocenters. The van der Waals surface area contributed by atoms with E-state index in [1.165, 1.54) is 0 Å². The molecule has 0 fully saturated rings. The summed E-state index contributed by atoms with van der Waals surface area (Å²) in [5.74, 6) is 6.29. The molecule has 3 aromatic carbocycles. The van der Waals surface area contributed by atoms with Gasteiger partial charge in [0.2, 0.25) is 5.91 Å². The molecule has 0 saturated carbocycles. The fourth-order valence-electron chi connectivity index (χ4n) is 5.24. The van der Waals surface area contributed by atoms with E-state index in [9.17, 15) is 4.79 Å². The first kappa shape index (κ1) is 26.8. The molecule has 0 aromatic heterocycles. The van der Waals surface area contributed by atoms with Gasteiger partial charge in [-0.1, -0.05) is 61.4 Å². The zero-order valence-electron chi connectivity index (χ0n) is 21.6. The van der Waals surface area contributed by atoms with Crippen LogP contribution in [0, 0.1) is 49.7 Å². The van der Waals surface area contributed by atoms with Crippen molar-refractivity contribution in [1.29, 1.82) is 0 Å². The number of fused-ring (bicyclic) bond motifs is 1. The highest BCUT2D eigenvalue weighted by molar-refractivity contribution is 6.13. The summed E-state index contributed by atoms with van der Waals surface area (Å²) in [5.41, 5.74) is 3.63. The van der Waals surface area contributed by atoms with Crippen LogP contribution in [0.25, 0.3) is 0 Å². The Bertz CT molecular complexity index is 1500. The summed E-state index contributed by atoms with van der Waals surface area (Å²) in [6.07, 6.45) is 30.3. The van der Waals surface area contributed by atoms with Gasteiger partial charge in [0.1, 0.15) is 29.1 Å². The summed E-state index contributed by atoms with van der Waals surface area (Å²) >= 11 is 0. The third-order valence-corrected chi connectivity index (χ3v) is 6.88. The lowest BCUT2D eigenvalue weighted by molar-refractivity contribution is -0.120. The van der Waals surface area contributed by atoms with E-state index in [0.717, 1.165) is 33.5 Å². The number of ether oxygens (including phenoxy) is 2. The molecular weight excluding hydrogens is 482 g/mol. The molecule has 3 aromatic rings. The lowest BCUT2D eigenvalue weighted by Crippen LogP contribution is -2.42. The van der Waals surface area contributed by atoms with Crippen LogP contribution in [0.15, 0.2) is 73.3 Å². The second kappa shape index (κ2) is 11.8. The van der Waals surface area contributed by atoms with Crippen LogP contribution in [0.1, 0.15) is 40.7 Å². The molecule has 4 nitrogen and oxygen atoms in total. The van der Waals surface area contributed by atoms with Crippen LogP contribution in [-0.4, -0.2) is 12.5 Å². The van der Waals surface area contributed by atoms with Gasteiger partial charge < -0.3 is 14.4 Å². The van der Waals surface area contributed by atoms with Gasteiger partial charge in [0.05, 0.1) is 0 Å². The maximum Gasteiger partial charge on any atom is 0.247 e. The van der Waals surface area contributed by atoms with Crippen molar-refractivity contribution in [2.45, 2.75) is 31.1 Å². The molecule has 0 radical (unpaired) electrons. The van der Waals surface area contributed by atoms with E-state index in [4.69, 9.17) is 35.2 Å². The first-order valence-electron chi connectivity index (χ1n) is 12.5. The molecule has 4 rings (SSSR count). The van der Waals surface area contributed by atoms with Crippen LogP contribution in [-0.2, 0) is 23.1 Å². The fraction of sp³-hybridized carbons (Fsp3) is 0.171. The Hall–Kier alpha value is -5.29. The Kier molecular flexibility index (Phi) is 8.12. The zero-order chi connectivity index (χ0) is 27.8. The minimum Gasteiger partial charge on any atom is -0.408 e. The van der Waals surface area contributed by atoms with Crippen molar-refractivity contribution in [3.8, 4) is 61.2 Å². The van der Waals surface area contributed by atoms with Gasteiger partial charge in [-0.05, 0) is 53.3 Å². The summed E-state index contributed by atoms with van der Waals surface area (Å²) in [7, 11) is 0. The van der Waals surface area contributed by atoms with Crippen molar-refractivity contribution >= 4 is 11.6 Å². The molecule has 0 N–H and O–H groups in total. The highest BCUT2D eigenvalue weighted by atomic mass is 16.5. The van der Waals surface area contributed by atoms with Crippen molar-refractivity contribution < 1.29 is 14.3 Å². The second-order valence-electron chi connectivity index (χ2n) is 8.96. The smallest absolute Gasteiger partial charge is 0.247 e. The van der Waals surface area contributed by atoms with Crippen LogP contribution in [0.2, 0.25) is 0 Å². The van der Waals surface area contributed by atoms with Crippen LogP contribution >= 0.6 is 0 Å². The molecule has 4 heteroatoms. The topological polar surface area (TPSA) is 38.8 Å². The first-order chi connectivity index (χ1) is 19.1. The molecule has 0 saturated heterocycles. The number of aryl methyl sites for hydroxylation is 2. The van der Waals surface area contributed by atoms with Crippen LogP contribution in [0.4, 0.5) is 5.69 Å². The number of para-hydroxylation sites is 1. The monoisotopic (exact) mass is 509 g/mol. The summed E-state index contributed by atoms with van der Waals surface area (Å²) in [5, 5.41) is 0. The quantitative estimate of drug-likeness (QED) is 0.263. The largest absolute Gasteiger partial charge is 0.408 e. The fourth-order valence-corrected chi connectivity index (χ4v) is 5.24. The minimum absolute atomic E-state index is 0.106. The molecule has 1 heterocycles. The molecule has 1 amide bonds. The lowest BCUT2D eigenvalue weighted by atomic mass is 9.69. The van der Waals surface area contributed by atoms with E-state index in [-0.39, 0.29) is 5.91 Å². The molecule has 190 valence electrons. The van der Waals surface area contributed by atoms with Crippen LogP contribution < -0.4 is 14.4 Å². The number of nitrogens with zero attached hydrogens (tertiary/aromatic N) is 1. The van der Waals surface area contributed by atoms with E-state index in [2.05, 4.69) is 30.6 Å². The SMILES string of the molecule is C#CCCc1cc(C2(c3ccc(OC#C)c(CCC#C)c3)C(=O)N(CC=C)c3ccccc32)ccc1OC#C. The number of amides is 1. The highest BCUT2D eigenvalue weighted by Crippen LogP contribution is 2.51. The predicted molar refractivity (Wildman–Crippen MR) is 155 cm³/mol. The Labute approximate surface area is 230 Å². The molecule has 1 aliphatic heterocycles. The Balaban J connectivity index is 2.06. The van der Waals surface area contributed by atoms with Crippen LogP contribution in [0.5, 0.6) is 11.5 Å². The number of terminal acetylenes is 4. The summed E-state index contributed by atoms with van der Waals surface area (Å²) < 4.78 is 10.9. The zero-order valence-corrected chi connectivity index (χ0v) is 21.6. The number of hydrogen-bond donors (Lipinski definition) is 0. The van der Waals surface area contributed by atoms with E-state index in [0.29, 0.717) is 43.7 Å². The maximum absolute atomic E-state index is 14.6. The number of hydrogen-bond acceptors (Lipinski definition) is 3. The van der Waals surface area contributed by atoms with E-state index in [1.807, 2.05) is 48.5 Å². The minimum atomic E-state index is -1.18. The van der Waals surface area contributed by atoms with Crippen molar-refractivity contribution in [2.24, 2.45) is 0 Å². The third-order valence-electron chi connectivity index (χ3n) is 6.88. The van der Waals surface area contributed by atoms with Gasteiger partial charge in [-0.3, -0.25) is 4.79 Å². The summed E-state index contributed by atoms with van der Waals surface area (Å²) in [6, 6.07) is 19.1. The van der Waals surface area contributed by atoms with Gasteiger partial charge in [-0.2, -0.15) is 0 Å². The average Bonchev–Trinajstić information content (AvgIpc) is 3.20. The van der Waals surface area contributed by atoms with Gasteiger partial charge in [-0.15, -0.1) is 31.3 Å². The van der Waals surface area contributed by atoms with Crippen molar-refractivity contribution in [1.82, 2.24) is 0 Å². The molecule has 0 bridgehead atoms. The lowest BCUT2D eigenvalue weighted by Gasteiger charge is -2.31. The van der Waals surface area contributed by atoms with E-state index >= 15 is 0 Å². The summed E-state index contributed by atoms with van der Waals surface area (Å²) in [6.45, 7) is 4.23. The maximum atomic E-state index is 14.6.